The minimum Gasteiger partial charge on any atom is -0.321 e. The lowest BCUT2D eigenvalue weighted by Crippen LogP contribution is -2.08. The normalized spacial score (nSPS) is 10.4. The molecule has 0 unspecified atom stereocenters. The number of alkyl halides is 1. The summed E-state index contributed by atoms with van der Waals surface area (Å²) in [5.74, 6) is 0.470. The van der Waals surface area contributed by atoms with Crippen molar-refractivity contribution in [1.82, 2.24) is 4.98 Å². The van der Waals surface area contributed by atoms with Gasteiger partial charge >= 0.3 is 0 Å². The van der Waals surface area contributed by atoms with Crippen molar-refractivity contribution >= 4 is 33.8 Å². The number of halogens is 1. The van der Waals surface area contributed by atoms with Crippen LogP contribution in [0.15, 0.2) is 29.6 Å². The van der Waals surface area contributed by atoms with E-state index in [1.165, 1.54) is 5.56 Å². The Morgan fingerprint density at radius 3 is 2.56 bits per heavy atom. The zero-order chi connectivity index (χ0) is 11.5. The lowest BCUT2D eigenvalue weighted by Gasteiger charge is -2.15. The van der Waals surface area contributed by atoms with Crippen LogP contribution in [-0.4, -0.2) is 12.0 Å². The van der Waals surface area contributed by atoms with Gasteiger partial charge < -0.3 is 4.90 Å². The number of aryl methyl sites for hydroxylation is 1. The van der Waals surface area contributed by atoms with Crippen LogP contribution in [0.25, 0.3) is 0 Å². The second-order valence-corrected chi connectivity index (χ2v) is 4.75. The van der Waals surface area contributed by atoms with Crippen LogP contribution in [0.1, 0.15) is 11.3 Å². The second-order valence-electron chi connectivity index (χ2n) is 3.65. The van der Waals surface area contributed by atoms with Gasteiger partial charge in [-0.2, -0.15) is 0 Å². The maximum Gasteiger partial charge on any atom is 0.189 e. The van der Waals surface area contributed by atoms with E-state index in [-0.39, 0.29) is 0 Å². The average Bonchev–Trinajstić information content (AvgIpc) is 2.77. The zero-order valence-electron chi connectivity index (χ0n) is 9.27. The molecule has 0 saturated carbocycles. The first-order chi connectivity index (χ1) is 7.70. The Morgan fingerprint density at radius 2 is 2.00 bits per heavy atom. The summed E-state index contributed by atoms with van der Waals surface area (Å²) < 4.78 is 0. The fourth-order valence-electron chi connectivity index (χ4n) is 1.39. The highest BCUT2D eigenvalue weighted by atomic mass is 35.5. The molecule has 0 aliphatic rings. The van der Waals surface area contributed by atoms with Crippen LogP contribution in [0.4, 0.5) is 10.8 Å². The van der Waals surface area contributed by atoms with Crippen LogP contribution in [-0.2, 0) is 5.88 Å². The van der Waals surface area contributed by atoms with Crippen LogP contribution in [0.3, 0.4) is 0 Å². The van der Waals surface area contributed by atoms with E-state index in [9.17, 15) is 0 Å². The molecule has 0 aliphatic carbocycles. The first-order valence-corrected chi connectivity index (χ1v) is 6.43. The molecule has 0 fully saturated rings. The first kappa shape index (κ1) is 11.4. The van der Waals surface area contributed by atoms with Crippen molar-refractivity contribution in [1.29, 1.82) is 0 Å². The quantitative estimate of drug-likeness (QED) is 0.769. The van der Waals surface area contributed by atoms with Gasteiger partial charge in [0.1, 0.15) is 0 Å². The number of hydrogen-bond acceptors (Lipinski definition) is 3. The van der Waals surface area contributed by atoms with Gasteiger partial charge in [-0.05, 0) is 19.1 Å². The topological polar surface area (TPSA) is 16.1 Å². The molecule has 0 N–H and O–H groups in total. The third kappa shape index (κ3) is 2.36. The monoisotopic (exact) mass is 252 g/mol. The van der Waals surface area contributed by atoms with Gasteiger partial charge in [0, 0.05) is 18.1 Å². The third-order valence-electron chi connectivity index (χ3n) is 2.38. The Kier molecular flexibility index (Phi) is 3.46. The van der Waals surface area contributed by atoms with Crippen LogP contribution in [0.2, 0.25) is 0 Å². The van der Waals surface area contributed by atoms with Crippen LogP contribution >= 0.6 is 22.9 Å². The fourth-order valence-corrected chi connectivity index (χ4v) is 2.43. The van der Waals surface area contributed by atoms with Gasteiger partial charge in [-0.1, -0.05) is 17.7 Å². The average molecular weight is 253 g/mol. The molecule has 0 radical (unpaired) electrons. The highest BCUT2D eigenvalue weighted by Crippen LogP contribution is 2.27. The van der Waals surface area contributed by atoms with E-state index in [4.69, 9.17) is 11.6 Å². The summed E-state index contributed by atoms with van der Waals surface area (Å²) in [6, 6.07) is 8.39. The standard InChI is InChI=1S/C12H13ClN2S/c1-9-3-5-11(6-4-9)15(2)12-14-10(7-13)8-16-12/h3-6,8H,7H2,1-2H3. The van der Waals surface area contributed by atoms with E-state index < -0.39 is 0 Å². The minimum atomic E-state index is 0.470. The van der Waals surface area contributed by atoms with Gasteiger partial charge in [0.2, 0.25) is 0 Å². The summed E-state index contributed by atoms with van der Waals surface area (Å²) in [5, 5.41) is 2.96. The number of hydrogen-bond donors (Lipinski definition) is 0. The lowest BCUT2D eigenvalue weighted by atomic mass is 10.2. The maximum atomic E-state index is 5.74. The smallest absolute Gasteiger partial charge is 0.189 e. The Balaban J connectivity index is 2.24. The summed E-state index contributed by atoms with van der Waals surface area (Å²) in [6.07, 6.45) is 0. The molecule has 2 nitrogen and oxygen atoms in total. The zero-order valence-corrected chi connectivity index (χ0v) is 10.8. The molecule has 0 spiro atoms. The summed E-state index contributed by atoms with van der Waals surface area (Å²) in [6.45, 7) is 2.08. The van der Waals surface area contributed by atoms with E-state index in [0.29, 0.717) is 5.88 Å². The van der Waals surface area contributed by atoms with Crippen molar-refractivity contribution in [3.63, 3.8) is 0 Å². The Hall–Kier alpha value is -1.06. The van der Waals surface area contributed by atoms with Gasteiger partial charge in [-0.3, -0.25) is 0 Å². The molecule has 16 heavy (non-hydrogen) atoms. The van der Waals surface area contributed by atoms with Gasteiger partial charge in [0.05, 0.1) is 11.6 Å². The highest BCUT2D eigenvalue weighted by Gasteiger charge is 2.08. The number of nitrogens with zero attached hydrogens (tertiary/aromatic N) is 2. The number of thiazole rings is 1. The molecule has 4 heteroatoms. The summed E-state index contributed by atoms with van der Waals surface area (Å²) in [7, 11) is 2.02. The molecule has 84 valence electrons. The molecule has 1 aromatic heterocycles. The molecule has 2 rings (SSSR count). The second kappa shape index (κ2) is 4.85. The maximum absolute atomic E-state index is 5.74. The first-order valence-electron chi connectivity index (χ1n) is 5.01. The van der Waals surface area contributed by atoms with E-state index in [2.05, 4.69) is 41.1 Å². The van der Waals surface area contributed by atoms with Gasteiger partial charge in [-0.15, -0.1) is 22.9 Å². The molecule has 1 heterocycles. The number of rotatable bonds is 3. The van der Waals surface area contributed by atoms with Crippen molar-refractivity contribution in [2.24, 2.45) is 0 Å². The molecule has 0 aliphatic heterocycles. The van der Waals surface area contributed by atoms with Crippen molar-refractivity contribution < 1.29 is 0 Å². The van der Waals surface area contributed by atoms with Gasteiger partial charge in [-0.25, -0.2) is 4.98 Å². The summed E-state index contributed by atoms with van der Waals surface area (Å²) in [5.41, 5.74) is 3.33. The molecule has 1 aromatic carbocycles. The molecule has 0 saturated heterocycles. The molecule has 0 atom stereocenters. The third-order valence-corrected chi connectivity index (χ3v) is 3.62. The number of benzene rings is 1. The van der Waals surface area contributed by atoms with Gasteiger partial charge in [0.25, 0.3) is 0 Å². The van der Waals surface area contributed by atoms with Crippen molar-refractivity contribution in [3.8, 4) is 0 Å². The predicted molar refractivity (Wildman–Crippen MR) is 70.9 cm³/mol. The van der Waals surface area contributed by atoms with E-state index >= 15 is 0 Å². The van der Waals surface area contributed by atoms with Crippen molar-refractivity contribution in [2.75, 3.05) is 11.9 Å². The van der Waals surface area contributed by atoms with Crippen LogP contribution < -0.4 is 4.90 Å². The molecule has 0 bridgehead atoms. The van der Waals surface area contributed by atoms with E-state index in [1.807, 2.05) is 12.4 Å². The highest BCUT2D eigenvalue weighted by molar-refractivity contribution is 7.13. The minimum absolute atomic E-state index is 0.470. The Bertz CT molecular complexity index is 464. The molecular weight excluding hydrogens is 240 g/mol. The molecule has 2 aromatic rings. The molecular formula is C12H13ClN2S. The van der Waals surface area contributed by atoms with Crippen LogP contribution in [0.5, 0.6) is 0 Å². The molecule has 0 amide bonds. The fraction of sp³-hybridized carbons (Fsp3) is 0.250. The Labute approximate surface area is 105 Å². The largest absolute Gasteiger partial charge is 0.321 e. The van der Waals surface area contributed by atoms with Gasteiger partial charge in [0.15, 0.2) is 5.13 Å². The van der Waals surface area contributed by atoms with E-state index in [0.717, 1.165) is 16.5 Å². The summed E-state index contributed by atoms with van der Waals surface area (Å²) >= 11 is 7.35. The van der Waals surface area contributed by atoms with Crippen molar-refractivity contribution in [3.05, 3.63) is 40.9 Å². The SMILES string of the molecule is Cc1ccc(N(C)c2nc(CCl)cs2)cc1. The van der Waals surface area contributed by atoms with E-state index in [1.54, 1.807) is 11.3 Å². The van der Waals surface area contributed by atoms with Crippen LogP contribution in [0, 0.1) is 6.92 Å². The van der Waals surface area contributed by atoms with Crippen molar-refractivity contribution in [2.45, 2.75) is 12.8 Å². The predicted octanol–water partition coefficient (Wildman–Crippen LogP) is 3.96. The lowest BCUT2D eigenvalue weighted by molar-refractivity contribution is 1.13. The number of anilines is 2. The summed E-state index contributed by atoms with van der Waals surface area (Å²) in [4.78, 5) is 6.51. The Morgan fingerprint density at radius 1 is 1.31 bits per heavy atom. The number of aromatic nitrogens is 1.